The van der Waals surface area contributed by atoms with Crippen LogP contribution in [0.15, 0.2) is 48.5 Å². The van der Waals surface area contributed by atoms with E-state index in [0.717, 1.165) is 22.1 Å². The number of hydrogen-bond donors (Lipinski definition) is 1. The molecule has 5 nitrogen and oxygen atoms in total. The number of ketones is 1. The molecule has 0 aliphatic rings. The third kappa shape index (κ3) is 4.14. The molecule has 0 aliphatic carbocycles. The zero-order valence-corrected chi connectivity index (χ0v) is 15.4. The SMILES string of the molecule is CCOC(=O)CCC(=O)c1nc2cc(-c3ccccc3C)ccc2cc1O. The molecule has 138 valence electrons. The fourth-order valence-corrected chi connectivity index (χ4v) is 2.99. The van der Waals surface area contributed by atoms with Crippen molar-refractivity contribution in [3.8, 4) is 16.9 Å². The maximum absolute atomic E-state index is 12.4. The van der Waals surface area contributed by atoms with Gasteiger partial charge in [-0.15, -0.1) is 0 Å². The third-order valence-electron chi connectivity index (χ3n) is 4.38. The first kappa shape index (κ1) is 18.6. The van der Waals surface area contributed by atoms with Crippen LogP contribution in [0.3, 0.4) is 0 Å². The molecule has 0 amide bonds. The molecule has 0 saturated heterocycles. The predicted molar refractivity (Wildman–Crippen MR) is 104 cm³/mol. The lowest BCUT2D eigenvalue weighted by Gasteiger charge is -2.09. The predicted octanol–water partition coefficient (Wildman–Crippen LogP) is 4.44. The van der Waals surface area contributed by atoms with Crippen molar-refractivity contribution in [3.05, 3.63) is 59.8 Å². The Labute approximate surface area is 157 Å². The number of benzene rings is 2. The van der Waals surface area contributed by atoms with Gasteiger partial charge in [-0.3, -0.25) is 9.59 Å². The Hall–Kier alpha value is -3.21. The highest BCUT2D eigenvalue weighted by Crippen LogP contribution is 2.29. The summed E-state index contributed by atoms with van der Waals surface area (Å²) in [7, 11) is 0. The van der Waals surface area contributed by atoms with Crippen LogP contribution in [0.5, 0.6) is 5.75 Å². The maximum Gasteiger partial charge on any atom is 0.306 e. The van der Waals surface area contributed by atoms with Crippen molar-refractivity contribution in [2.24, 2.45) is 0 Å². The zero-order chi connectivity index (χ0) is 19.4. The topological polar surface area (TPSA) is 76.5 Å². The summed E-state index contributed by atoms with van der Waals surface area (Å²) in [6.07, 6.45) is -0.0858. The van der Waals surface area contributed by atoms with Crippen LogP contribution < -0.4 is 0 Å². The lowest BCUT2D eigenvalue weighted by Crippen LogP contribution is -2.09. The van der Waals surface area contributed by atoms with E-state index in [0.29, 0.717) is 5.52 Å². The first-order valence-electron chi connectivity index (χ1n) is 8.88. The summed E-state index contributed by atoms with van der Waals surface area (Å²) in [4.78, 5) is 28.2. The number of pyridine rings is 1. The summed E-state index contributed by atoms with van der Waals surface area (Å²) in [6, 6.07) is 15.3. The minimum Gasteiger partial charge on any atom is -0.506 e. The molecule has 2 aromatic carbocycles. The van der Waals surface area contributed by atoms with Gasteiger partial charge in [0.05, 0.1) is 18.5 Å². The van der Waals surface area contributed by atoms with Crippen molar-refractivity contribution in [2.45, 2.75) is 26.7 Å². The molecule has 1 heterocycles. The van der Waals surface area contributed by atoms with Crippen LogP contribution >= 0.6 is 0 Å². The zero-order valence-electron chi connectivity index (χ0n) is 15.4. The largest absolute Gasteiger partial charge is 0.506 e. The van der Waals surface area contributed by atoms with E-state index < -0.39 is 5.97 Å². The van der Waals surface area contributed by atoms with Gasteiger partial charge in [0.2, 0.25) is 0 Å². The molecule has 3 rings (SSSR count). The first-order chi connectivity index (χ1) is 13.0. The monoisotopic (exact) mass is 363 g/mol. The lowest BCUT2D eigenvalue weighted by atomic mass is 9.99. The third-order valence-corrected chi connectivity index (χ3v) is 4.38. The minimum atomic E-state index is -0.437. The molecule has 0 radical (unpaired) electrons. The number of aryl methyl sites for hydroxylation is 1. The summed E-state index contributed by atoms with van der Waals surface area (Å²) < 4.78 is 4.83. The van der Waals surface area contributed by atoms with Gasteiger partial charge in [0.25, 0.3) is 0 Å². The molecule has 1 N–H and O–H groups in total. The normalized spacial score (nSPS) is 10.7. The van der Waals surface area contributed by atoms with Crippen LogP contribution in [0.4, 0.5) is 0 Å². The number of ether oxygens (including phenoxy) is 1. The van der Waals surface area contributed by atoms with Gasteiger partial charge in [0.1, 0.15) is 11.4 Å². The van der Waals surface area contributed by atoms with Gasteiger partial charge >= 0.3 is 5.97 Å². The fraction of sp³-hybridized carbons (Fsp3) is 0.227. The van der Waals surface area contributed by atoms with Crippen molar-refractivity contribution >= 4 is 22.7 Å². The Bertz CT molecular complexity index is 1010. The quantitative estimate of drug-likeness (QED) is 0.517. The van der Waals surface area contributed by atoms with Gasteiger partial charge in [-0.2, -0.15) is 0 Å². The molecule has 0 saturated carbocycles. The minimum absolute atomic E-state index is 0.0197. The highest BCUT2D eigenvalue weighted by atomic mass is 16.5. The number of carbonyl (C=O) groups excluding carboxylic acids is 2. The number of hydrogen-bond acceptors (Lipinski definition) is 5. The van der Waals surface area contributed by atoms with Gasteiger partial charge < -0.3 is 9.84 Å². The number of carbonyl (C=O) groups is 2. The van der Waals surface area contributed by atoms with E-state index in [1.165, 1.54) is 6.07 Å². The molecular formula is C22H21NO4. The number of esters is 1. The van der Waals surface area contributed by atoms with Crippen LogP contribution in [0.25, 0.3) is 22.0 Å². The number of rotatable bonds is 6. The van der Waals surface area contributed by atoms with E-state index in [1.54, 1.807) is 6.92 Å². The summed E-state index contributed by atoms with van der Waals surface area (Å²) in [6.45, 7) is 4.02. The van der Waals surface area contributed by atoms with E-state index in [2.05, 4.69) is 4.98 Å². The number of nitrogens with zero attached hydrogens (tertiary/aromatic N) is 1. The molecule has 1 aromatic heterocycles. The van der Waals surface area contributed by atoms with Crippen molar-refractivity contribution in [2.75, 3.05) is 6.61 Å². The van der Waals surface area contributed by atoms with Crippen molar-refractivity contribution in [3.63, 3.8) is 0 Å². The van der Waals surface area contributed by atoms with Crippen LogP contribution in [0, 0.1) is 6.92 Å². The second-order valence-electron chi connectivity index (χ2n) is 6.31. The molecule has 0 unspecified atom stereocenters. The van der Waals surface area contributed by atoms with Crippen molar-refractivity contribution in [1.82, 2.24) is 4.98 Å². The molecule has 0 aliphatic heterocycles. The number of aromatic nitrogens is 1. The van der Waals surface area contributed by atoms with Crippen LogP contribution in [0.1, 0.15) is 35.8 Å². The Morgan fingerprint density at radius 2 is 1.85 bits per heavy atom. The molecule has 0 fully saturated rings. The summed E-state index contributed by atoms with van der Waals surface area (Å²) in [5, 5.41) is 10.9. The summed E-state index contributed by atoms with van der Waals surface area (Å²) >= 11 is 0. The highest BCUT2D eigenvalue weighted by Gasteiger charge is 2.17. The Balaban J connectivity index is 1.93. The van der Waals surface area contributed by atoms with Crippen LogP contribution in [-0.4, -0.2) is 28.4 Å². The Morgan fingerprint density at radius 3 is 2.59 bits per heavy atom. The van der Waals surface area contributed by atoms with Gasteiger partial charge in [0.15, 0.2) is 5.78 Å². The van der Waals surface area contributed by atoms with E-state index in [4.69, 9.17) is 4.74 Å². The van der Waals surface area contributed by atoms with Gasteiger partial charge in [-0.1, -0.05) is 36.4 Å². The fourth-order valence-electron chi connectivity index (χ4n) is 2.99. The standard InChI is InChI=1S/C22H21NO4/c1-3-27-21(26)11-10-19(24)22-20(25)13-16-9-8-15(12-18(16)23-22)17-7-5-4-6-14(17)2/h4-9,12-13,25H,3,10-11H2,1-2H3. The van der Waals surface area contributed by atoms with Crippen LogP contribution in [0.2, 0.25) is 0 Å². The second kappa shape index (κ2) is 7.99. The second-order valence-corrected chi connectivity index (χ2v) is 6.31. The molecule has 27 heavy (non-hydrogen) atoms. The van der Waals surface area contributed by atoms with E-state index >= 15 is 0 Å². The highest BCUT2D eigenvalue weighted by molar-refractivity contribution is 6.00. The Kier molecular flexibility index (Phi) is 5.50. The molecule has 0 bridgehead atoms. The molecule has 3 aromatic rings. The average molecular weight is 363 g/mol. The van der Waals surface area contributed by atoms with Gasteiger partial charge in [-0.05, 0) is 42.7 Å². The average Bonchev–Trinajstić information content (AvgIpc) is 2.66. The smallest absolute Gasteiger partial charge is 0.306 e. The van der Waals surface area contributed by atoms with Gasteiger partial charge in [-0.25, -0.2) is 4.98 Å². The maximum atomic E-state index is 12.4. The van der Waals surface area contributed by atoms with E-state index in [9.17, 15) is 14.7 Å². The summed E-state index contributed by atoms with van der Waals surface area (Å²) in [5.41, 5.74) is 3.82. The summed E-state index contributed by atoms with van der Waals surface area (Å²) in [5.74, 6) is -1.00. The van der Waals surface area contributed by atoms with Crippen molar-refractivity contribution in [1.29, 1.82) is 0 Å². The lowest BCUT2D eigenvalue weighted by molar-refractivity contribution is -0.143. The molecular weight excluding hydrogens is 342 g/mol. The Morgan fingerprint density at radius 1 is 1.07 bits per heavy atom. The number of fused-ring (bicyclic) bond motifs is 1. The van der Waals surface area contributed by atoms with E-state index in [1.807, 2.05) is 49.4 Å². The number of Topliss-reactive ketones (excluding diaryl/α,β-unsaturated/α-hetero) is 1. The van der Waals surface area contributed by atoms with E-state index in [-0.39, 0.29) is 36.7 Å². The molecule has 5 heteroatoms. The first-order valence-corrected chi connectivity index (χ1v) is 8.88. The van der Waals surface area contributed by atoms with Crippen molar-refractivity contribution < 1.29 is 19.4 Å². The molecule has 0 atom stereocenters. The van der Waals surface area contributed by atoms with Crippen LogP contribution in [-0.2, 0) is 9.53 Å². The number of aromatic hydroxyl groups is 1. The van der Waals surface area contributed by atoms with Gasteiger partial charge in [0, 0.05) is 11.8 Å². The molecule has 0 spiro atoms.